The molecule has 0 bridgehead atoms. The van der Waals surface area contributed by atoms with Crippen LogP contribution < -0.4 is 0 Å². The Morgan fingerprint density at radius 1 is 1.31 bits per heavy atom. The zero-order valence-corrected chi connectivity index (χ0v) is 16.3. The van der Waals surface area contributed by atoms with Crippen molar-refractivity contribution in [3.05, 3.63) is 48.4 Å². The predicted octanol–water partition coefficient (Wildman–Crippen LogP) is 2.80. The fourth-order valence-electron chi connectivity index (χ4n) is 2.44. The van der Waals surface area contributed by atoms with Gasteiger partial charge in [0.1, 0.15) is 0 Å². The Labute approximate surface area is 156 Å². The van der Waals surface area contributed by atoms with Crippen LogP contribution in [0.5, 0.6) is 0 Å². The molecule has 1 aromatic heterocycles. The molecule has 0 N–H and O–H groups in total. The van der Waals surface area contributed by atoms with E-state index in [4.69, 9.17) is 4.42 Å². The second kappa shape index (κ2) is 7.26. The Bertz CT molecular complexity index is 937. The molecule has 0 radical (unpaired) electrons. The lowest BCUT2D eigenvalue weighted by Crippen LogP contribution is -2.32. The number of nitrogens with zero attached hydrogens (tertiary/aromatic N) is 3. The number of thioether (sulfide) groups is 1. The Kier molecular flexibility index (Phi) is 5.22. The van der Waals surface area contributed by atoms with E-state index >= 15 is 0 Å². The second-order valence-electron chi connectivity index (χ2n) is 6.00. The molecule has 2 aromatic rings. The summed E-state index contributed by atoms with van der Waals surface area (Å²) in [7, 11) is -0.591. The molecule has 7 nitrogen and oxygen atoms in total. The van der Waals surface area contributed by atoms with Crippen molar-refractivity contribution < 1.29 is 17.6 Å². The van der Waals surface area contributed by atoms with Crippen molar-refractivity contribution in [1.29, 1.82) is 0 Å². The summed E-state index contributed by atoms with van der Waals surface area (Å²) in [6.07, 6.45) is 1.45. The summed E-state index contributed by atoms with van der Waals surface area (Å²) < 4.78 is 30.9. The minimum atomic E-state index is -3.55. The number of furan rings is 1. The van der Waals surface area contributed by atoms with Crippen LogP contribution in [0.3, 0.4) is 0 Å². The van der Waals surface area contributed by atoms with Gasteiger partial charge in [-0.25, -0.2) is 17.7 Å². The number of aliphatic imine (C=N–C) groups is 1. The van der Waals surface area contributed by atoms with E-state index in [-0.39, 0.29) is 21.8 Å². The van der Waals surface area contributed by atoms with Crippen molar-refractivity contribution in [2.75, 3.05) is 20.6 Å². The van der Waals surface area contributed by atoms with Gasteiger partial charge < -0.3 is 4.42 Å². The lowest BCUT2D eigenvalue weighted by atomic mass is 10.3. The summed E-state index contributed by atoms with van der Waals surface area (Å²) >= 11 is 1.47. The highest BCUT2D eigenvalue weighted by Crippen LogP contribution is 2.30. The third-order valence-electron chi connectivity index (χ3n) is 3.78. The fraction of sp³-hybridized carbons (Fsp3) is 0.294. The Morgan fingerprint density at radius 3 is 2.73 bits per heavy atom. The minimum absolute atomic E-state index is 0.157. The number of rotatable bonds is 4. The van der Waals surface area contributed by atoms with Crippen molar-refractivity contribution in [1.82, 2.24) is 9.21 Å². The number of benzene rings is 1. The van der Waals surface area contributed by atoms with Gasteiger partial charge in [-0.15, -0.1) is 0 Å². The maximum Gasteiger partial charge on any atom is 0.295 e. The molecule has 2 heterocycles. The number of hydrogen-bond donors (Lipinski definition) is 0. The molecule has 1 fully saturated rings. The summed E-state index contributed by atoms with van der Waals surface area (Å²) in [6.45, 7) is 2.52. The third kappa shape index (κ3) is 3.69. The highest BCUT2D eigenvalue weighted by atomic mass is 32.2. The summed E-state index contributed by atoms with van der Waals surface area (Å²) in [5.74, 6) is -0.0148. The van der Waals surface area contributed by atoms with Gasteiger partial charge in [-0.05, 0) is 30.3 Å². The molecule has 1 amide bonds. The third-order valence-corrected chi connectivity index (χ3v) is 6.66. The monoisotopic (exact) mass is 393 g/mol. The molecular weight excluding hydrogens is 374 g/mol. The van der Waals surface area contributed by atoms with Crippen molar-refractivity contribution in [2.24, 2.45) is 4.99 Å². The number of amides is 1. The van der Waals surface area contributed by atoms with E-state index in [0.717, 1.165) is 4.31 Å². The van der Waals surface area contributed by atoms with Gasteiger partial charge in [-0.1, -0.05) is 24.8 Å². The second-order valence-corrected chi connectivity index (χ2v) is 9.56. The van der Waals surface area contributed by atoms with Gasteiger partial charge >= 0.3 is 0 Å². The van der Waals surface area contributed by atoms with E-state index < -0.39 is 10.0 Å². The predicted molar refractivity (Wildman–Crippen MR) is 101 cm³/mol. The van der Waals surface area contributed by atoms with E-state index in [1.54, 1.807) is 29.2 Å². The van der Waals surface area contributed by atoms with Crippen molar-refractivity contribution in [2.45, 2.75) is 17.1 Å². The summed E-state index contributed by atoms with van der Waals surface area (Å²) in [4.78, 5) is 18.8. The van der Waals surface area contributed by atoms with Gasteiger partial charge in [0.15, 0.2) is 10.9 Å². The summed E-state index contributed by atoms with van der Waals surface area (Å²) in [6, 6.07) is 9.64. The SMILES string of the molecule is CC1CN(C(=O)c2ccco2)C(=Nc2cccc(S(=O)(=O)N(C)C)c2)S1. The smallest absolute Gasteiger partial charge is 0.295 e. The summed E-state index contributed by atoms with van der Waals surface area (Å²) in [5.41, 5.74) is 0.474. The molecule has 1 unspecified atom stereocenters. The lowest BCUT2D eigenvalue weighted by Gasteiger charge is -2.15. The molecule has 1 aliphatic heterocycles. The first-order valence-corrected chi connectivity index (χ1v) is 10.2. The number of hydrogen-bond acceptors (Lipinski definition) is 6. The van der Waals surface area contributed by atoms with Crippen LogP contribution in [-0.2, 0) is 10.0 Å². The Morgan fingerprint density at radius 2 is 2.08 bits per heavy atom. The molecular formula is C17H19N3O4S2. The van der Waals surface area contributed by atoms with Crippen molar-refractivity contribution in [3.8, 4) is 0 Å². The van der Waals surface area contributed by atoms with Crippen LogP contribution in [0.2, 0.25) is 0 Å². The van der Waals surface area contributed by atoms with Crippen LogP contribution in [0.4, 0.5) is 5.69 Å². The van der Waals surface area contributed by atoms with Gasteiger partial charge in [-0.2, -0.15) is 0 Å². The first kappa shape index (κ1) is 18.7. The van der Waals surface area contributed by atoms with Crippen molar-refractivity contribution >= 4 is 38.5 Å². The van der Waals surface area contributed by atoms with Gasteiger partial charge in [0, 0.05) is 25.9 Å². The number of amidine groups is 1. The zero-order valence-electron chi connectivity index (χ0n) is 14.6. The summed E-state index contributed by atoms with van der Waals surface area (Å²) in [5, 5.41) is 0.708. The van der Waals surface area contributed by atoms with Gasteiger partial charge in [0.25, 0.3) is 5.91 Å². The quantitative estimate of drug-likeness (QED) is 0.798. The standard InChI is InChI=1S/C17H19N3O4S2/c1-12-11-20(16(21)15-8-5-9-24-15)17(25-12)18-13-6-4-7-14(10-13)26(22,23)19(2)3/h4-10,12H,11H2,1-3H3. The van der Waals surface area contributed by atoms with Crippen LogP contribution in [0, 0.1) is 0 Å². The number of carbonyl (C=O) groups excluding carboxylic acids is 1. The molecule has 26 heavy (non-hydrogen) atoms. The number of carbonyl (C=O) groups is 1. The fourth-order valence-corrected chi connectivity index (χ4v) is 4.41. The van der Waals surface area contributed by atoms with E-state index in [1.165, 1.54) is 44.3 Å². The largest absolute Gasteiger partial charge is 0.459 e. The van der Waals surface area contributed by atoms with Crippen LogP contribution in [-0.4, -0.2) is 54.6 Å². The van der Waals surface area contributed by atoms with E-state index in [0.29, 0.717) is 17.4 Å². The normalized spacial score (nSPS) is 19.5. The van der Waals surface area contributed by atoms with Gasteiger partial charge in [0.2, 0.25) is 10.0 Å². The van der Waals surface area contributed by atoms with E-state index in [2.05, 4.69) is 4.99 Å². The molecule has 1 atom stereocenters. The molecule has 0 spiro atoms. The maximum absolute atomic E-state index is 12.6. The first-order chi connectivity index (χ1) is 12.3. The van der Waals surface area contributed by atoms with E-state index in [9.17, 15) is 13.2 Å². The first-order valence-electron chi connectivity index (χ1n) is 7.92. The minimum Gasteiger partial charge on any atom is -0.459 e. The Balaban J connectivity index is 1.94. The van der Waals surface area contributed by atoms with Gasteiger partial charge in [-0.3, -0.25) is 9.69 Å². The highest BCUT2D eigenvalue weighted by molar-refractivity contribution is 8.14. The van der Waals surface area contributed by atoms with Crippen LogP contribution in [0.25, 0.3) is 0 Å². The molecule has 3 rings (SSSR count). The topological polar surface area (TPSA) is 83.2 Å². The zero-order chi connectivity index (χ0) is 18.9. The van der Waals surface area contributed by atoms with Gasteiger partial charge in [0.05, 0.1) is 16.8 Å². The lowest BCUT2D eigenvalue weighted by molar-refractivity contribution is 0.0825. The molecule has 9 heteroatoms. The Hall–Kier alpha value is -2.10. The molecule has 1 saturated heterocycles. The maximum atomic E-state index is 12.6. The van der Waals surface area contributed by atoms with Crippen LogP contribution in [0.1, 0.15) is 17.5 Å². The highest BCUT2D eigenvalue weighted by Gasteiger charge is 2.32. The average Bonchev–Trinajstić information content (AvgIpc) is 3.24. The molecule has 138 valence electrons. The molecule has 1 aromatic carbocycles. The molecule has 1 aliphatic rings. The van der Waals surface area contributed by atoms with E-state index in [1.807, 2.05) is 6.92 Å². The number of sulfonamides is 1. The molecule has 0 aliphatic carbocycles. The molecule has 0 saturated carbocycles. The van der Waals surface area contributed by atoms with Crippen LogP contribution in [0.15, 0.2) is 57.0 Å². The average molecular weight is 393 g/mol. The van der Waals surface area contributed by atoms with Crippen LogP contribution >= 0.6 is 11.8 Å². The van der Waals surface area contributed by atoms with Crippen molar-refractivity contribution in [3.63, 3.8) is 0 Å².